The van der Waals surface area contributed by atoms with Gasteiger partial charge in [-0.05, 0) is 19.8 Å². The van der Waals surface area contributed by atoms with Gasteiger partial charge in [-0.15, -0.1) is 5.10 Å². The third-order valence-electron chi connectivity index (χ3n) is 3.20. The molecule has 1 aromatic rings. The maximum absolute atomic E-state index is 10.9. The van der Waals surface area contributed by atoms with E-state index in [0.717, 1.165) is 18.5 Å². The highest BCUT2D eigenvalue weighted by Crippen LogP contribution is 2.33. The minimum atomic E-state index is 0.494. The zero-order chi connectivity index (χ0) is 10.7. The molecule has 1 saturated carbocycles. The number of hydrogen-bond donors (Lipinski definition) is 0. The Kier molecular flexibility index (Phi) is 3.14. The van der Waals surface area contributed by atoms with E-state index in [1.165, 1.54) is 32.1 Å². The van der Waals surface area contributed by atoms with E-state index in [9.17, 15) is 4.79 Å². The van der Waals surface area contributed by atoms with Crippen molar-refractivity contribution >= 4 is 6.29 Å². The van der Waals surface area contributed by atoms with E-state index in [-0.39, 0.29) is 0 Å². The van der Waals surface area contributed by atoms with Gasteiger partial charge in [0, 0.05) is 12.5 Å². The van der Waals surface area contributed by atoms with Gasteiger partial charge in [0.1, 0.15) is 5.69 Å². The molecule has 0 radical (unpaired) electrons. The second-order valence-electron chi connectivity index (χ2n) is 4.13. The van der Waals surface area contributed by atoms with Crippen molar-refractivity contribution in [1.82, 2.24) is 15.0 Å². The average Bonchev–Trinajstić information content (AvgIpc) is 2.72. The Morgan fingerprint density at radius 2 is 2.13 bits per heavy atom. The van der Waals surface area contributed by atoms with Crippen molar-refractivity contribution in [3.8, 4) is 0 Å². The lowest BCUT2D eigenvalue weighted by Crippen LogP contribution is -2.13. The largest absolute Gasteiger partial charge is 0.296 e. The normalized spacial score (nSPS) is 17.9. The van der Waals surface area contributed by atoms with E-state index in [1.807, 2.05) is 11.6 Å². The van der Waals surface area contributed by atoms with Gasteiger partial charge in [-0.2, -0.15) is 0 Å². The van der Waals surface area contributed by atoms with Gasteiger partial charge < -0.3 is 0 Å². The number of rotatable bonds is 3. The fraction of sp³-hybridized carbons (Fsp3) is 0.727. The molecule has 0 bridgehead atoms. The van der Waals surface area contributed by atoms with Crippen LogP contribution in [0.5, 0.6) is 0 Å². The van der Waals surface area contributed by atoms with Gasteiger partial charge in [-0.1, -0.05) is 24.5 Å². The van der Waals surface area contributed by atoms with Crippen molar-refractivity contribution in [3.05, 3.63) is 11.4 Å². The van der Waals surface area contributed by atoms with Crippen LogP contribution >= 0.6 is 0 Å². The predicted molar refractivity (Wildman–Crippen MR) is 56.9 cm³/mol. The van der Waals surface area contributed by atoms with Gasteiger partial charge in [-0.3, -0.25) is 4.79 Å². The first kappa shape index (κ1) is 10.3. The Balaban J connectivity index is 2.30. The molecule has 1 aliphatic carbocycles. The SMILES string of the molecule is CCn1nnc(C=O)c1C1CCCCC1. The second kappa shape index (κ2) is 4.55. The summed E-state index contributed by atoms with van der Waals surface area (Å²) in [4.78, 5) is 10.9. The average molecular weight is 207 g/mol. The summed E-state index contributed by atoms with van der Waals surface area (Å²) in [6.45, 7) is 2.84. The smallest absolute Gasteiger partial charge is 0.172 e. The lowest BCUT2D eigenvalue weighted by Gasteiger charge is -2.22. The molecule has 0 unspecified atom stereocenters. The fourth-order valence-corrected chi connectivity index (χ4v) is 2.45. The summed E-state index contributed by atoms with van der Waals surface area (Å²) in [7, 11) is 0. The minimum absolute atomic E-state index is 0.494. The number of aromatic nitrogens is 3. The molecule has 1 aliphatic rings. The van der Waals surface area contributed by atoms with E-state index in [1.54, 1.807) is 0 Å². The summed E-state index contributed by atoms with van der Waals surface area (Å²) in [5.41, 5.74) is 1.61. The predicted octanol–water partition coefficient (Wildman–Crippen LogP) is 2.16. The number of aryl methyl sites for hydroxylation is 1. The van der Waals surface area contributed by atoms with Gasteiger partial charge >= 0.3 is 0 Å². The van der Waals surface area contributed by atoms with Crippen LogP contribution < -0.4 is 0 Å². The molecule has 0 spiro atoms. The fourth-order valence-electron chi connectivity index (χ4n) is 2.45. The standard InChI is InChI=1S/C11H17N3O/c1-2-14-11(10(8-15)12-13-14)9-6-4-3-5-7-9/h8-9H,2-7H2,1H3. The van der Waals surface area contributed by atoms with E-state index < -0.39 is 0 Å². The van der Waals surface area contributed by atoms with Crippen molar-refractivity contribution < 1.29 is 4.79 Å². The first-order valence-electron chi connectivity index (χ1n) is 5.75. The molecule has 0 saturated heterocycles. The highest BCUT2D eigenvalue weighted by atomic mass is 16.1. The van der Waals surface area contributed by atoms with Gasteiger partial charge in [0.15, 0.2) is 6.29 Å². The van der Waals surface area contributed by atoms with Crippen LogP contribution in [0.4, 0.5) is 0 Å². The molecule has 1 aromatic heterocycles. The molecule has 1 heterocycles. The minimum Gasteiger partial charge on any atom is -0.296 e. The van der Waals surface area contributed by atoms with Gasteiger partial charge in [0.05, 0.1) is 5.69 Å². The first-order chi connectivity index (χ1) is 7.36. The number of carbonyl (C=O) groups is 1. The quantitative estimate of drug-likeness (QED) is 0.713. The van der Waals surface area contributed by atoms with Crippen LogP contribution in [0.15, 0.2) is 0 Å². The Bertz CT molecular complexity index is 340. The van der Waals surface area contributed by atoms with Crippen molar-refractivity contribution in [2.45, 2.75) is 51.5 Å². The van der Waals surface area contributed by atoms with Crippen LogP contribution in [0.3, 0.4) is 0 Å². The zero-order valence-corrected chi connectivity index (χ0v) is 9.15. The van der Waals surface area contributed by atoms with Crippen molar-refractivity contribution in [1.29, 1.82) is 0 Å². The molecule has 0 aliphatic heterocycles. The Hall–Kier alpha value is -1.19. The summed E-state index contributed by atoms with van der Waals surface area (Å²) < 4.78 is 1.87. The zero-order valence-electron chi connectivity index (χ0n) is 9.15. The molecule has 0 amide bonds. The van der Waals surface area contributed by atoms with Crippen LogP contribution in [0.25, 0.3) is 0 Å². The van der Waals surface area contributed by atoms with Crippen LogP contribution in [-0.4, -0.2) is 21.3 Å². The third-order valence-corrected chi connectivity index (χ3v) is 3.20. The van der Waals surface area contributed by atoms with Crippen LogP contribution in [0.1, 0.15) is 61.1 Å². The first-order valence-corrected chi connectivity index (χ1v) is 5.75. The van der Waals surface area contributed by atoms with E-state index in [2.05, 4.69) is 10.3 Å². The molecule has 1 fully saturated rings. The lowest BCUT2D eigenvalue weighted by atomic mass is 9.86. The van der Waals surface area contributed by atoms with Crippen LogP contribution in [-0.2, 0) is 6.54 Å². The number of hydrogen-bond acceptors (Lipinski definition) is 3. The van der Waals surface area contributed by atoms with Crippen molar-refractivity contribution in [2.75, 3.05) is 0 Å². The highest BCUT2D eigenvalue weighted by Gasteiger charge is 2.23. The van der Waals surface area contributed by atoms with E-state index in [4.69, 9.17) is 0 Å². The maximum atomic E-state index is 10.9. The summed E-state index contributed by atoms with van der Waals surface area (Å²) in [6, 6.07) is 0. The van der Waals surface area contributed by atoms with E-state index >= 15 is 0 Å². The molecule has 0 atom stereocenters. The number of nitrogens with zero attached hydrogens (tertiary/aromatic N) is 3. The lowest BCUT2D eigenvalue weighted by molar-refractivity contribution is 0.111. The molecule has 15 heavy (non-hydrogen) atoms. The van der Waals surface area contributed by atoms with Gasteiger partial charge in [0.2, 0.25) is 0 Å². The highest BCUT2D eigenvalue weighted by molar-refractivity contribution is 5.73. The molecule has 0 aromatic carbocycles. The molecule has 4 nitrogen and oxygen atoms in total. The van der Waals surface area contributed by atoms with Gasteiger partial charge in [0.25, 0.3) is 0 Å². The van der Waals surface area contributed by atoms with Crippen LogP contribution in [0, 0.1) is 0 Å². The van der Waals surface area contributed by atoms with Crippen molar-refractivity contribution in [3.63, 3.8) is 0 Å². The summed E-state index contributed by atoms with van der Waals surface area (Å²) >= 11 is 0. The van der Waals surface area contributed by atoms with Crippen molar-refractivity contribution in [2.24, 2.45) is 0 Å². The Morgan fingerprint density at radius 3 is 2.73 bits per heavy atom. The molecule has 82 valence electrons. The maximum Gasteiger partial charge on any atom is 0.172 e. The van der Waals surface area contributed by atoms with Gasteiger partial charge in [-0.25, -0.2) is 4.68 Å². The third kappa shape index (κ3) is 1.94. The Morgan fingerprint density at radius 1 is 1.40 bits per heavy atom. The molecule has 2 rings (SSSR count). The molecular weight excluding hydrogens is 190 g/mol. The Labute approximate surface area is 89.7 Å². The van der Waals surface area contributed by atoms with E-state index in [0.29, 0.717) is 11.6 Å². The monoisotopic (exact) mass is 207 g/mol. The molecule has 0 N–H and O–H groups in total. The topological polar surface area (TPSA) is 47.8 Å². The van der Waals surface area contributed by atoms with Crippen LogP contribution in [0.2, 0.25) is 0 Å². The molecular formula is C11H17N3O. The molecule has 4 heteroatoms. The number of aldehydes is 1. The second-order valence-corrected chi connectivity index (χ2v) is 4.13. The summed E-state index contributed by atoms with van der Waals surface area (Å²) in [5, 5.41) is 7.94. The summed E-state index contributed by atoms with van der Waals surface area (Å²) in [5.74, 6) is 0.494. The summed E-state index contributed by atoms with van der Waals surface area (Å²) in [6.07, 6.45) is 7.03. The number of carbonyl (C=O) groups excluding carboxylic acids is 1.